The number of ether oxygens (including phenoxy) is 1. The molecule has 1 aliphatic rings. The molecule has 7 heteroatoms. The highest BCUT2D eigenvalue weighted by Crippen LogP contribution is 2.30. The van der Waals surface area contributed by atoms with Crippen LogP contribution in [0.3, 0.4) is 0 Å². The minimum atomic E-state index is -0.0749. The van der Waals surface area contributed by atoms with Crippen LogP contribution in [0.2, 0.25) is 0 Å². The number of benzene rings is 1. The Hall–Kier alpha value is -2.93. The summed E-state index contributed by atoms with van der Waals surface area (Å²) in [6.07, 6.45) is 6.99. The predicted molar refractivity (Wildman–Crippen MR) is 106 cm³/mol. The minimum Gasteiger partial charge on any atom is -0.454 e. The van der Waals surface area contributed by atoms with Gasteiger partial charge in [-0.2, -0.15) is 0 Å². The first kappa shape index (κ1) is 17.5. The number of rotatable bonds is 5. The average molecular weight is 380 g/mol. The number of carbonyl (C=O) groups is 1. The molecular weight excluding hydrogens is 360 g/mol. The molecule has 0 unspecified atom stereocenters. The van der Waals surface area contributed by atoms with Gasteiger partial charge in [-0.05, 0) is 37.1 Å². The number of nitrogens with one attached hydrogen (secondary N) is 1. The Morgan fingerprint density at radius 3 is 2.96 bits per heavy atom. The van der Waals surface area contributed by atoms with Crippen molar-refractivity contribution in [3.8, 4) is 11.5 Å². The highest BCUT2D eigenvalue weighted by molar-refractivity contribution is 7.13. The summed E-state index contributed by atoms with van der Waals surface area (Å²) in [7, 11) is 0. The minimum absolute atomic E-state index is 0.0125. The quantitative estimate of drug-likeness (QED) is 0.719. The van der Waals surface area contributed by atoms with E-state index in [1.807, 2.05) is 41.8 Å². The Morgan fingerprint density at radius 2 is 2.15 bits per heavy atom. The lowest BCUT2D eigenvalue weighted by Gasteiger charge is -2.31. The van der Waals surface area contributed by atoms with Crippen LogP contribution in [0.4, 0.5) is 10.8 Å². The zero-order valence-corrected chi connectivity index (χ0v) is 15.6. The lowest BCUT2D eigenvalue weighted by atomic mass is 9.97. The van der Waals surface area contributed by atoms with Gasteiger partial charge in [0.05, 0.1) is 17.8 Å². The number of thiazole rings is 1. The lowest BCUT2D eigenvalue weighted by molar-refractivity contribution is -0.120. The van der Waals surface area contributed by atoms with Crippen LogP contribution in [-0.2, 0) is 4.79 Å². The van der Waals surface area contributed by atoms with Crippen molar-refractivity contribution in [2.75, 3.05) is 23.3 Å². The van der Waals surface area contributed by atoms with Gasteiger partial charge in [0, 0.05) is 30.9 Å². The molecule has 138 valence electrons. The van der Waals surface area contributed by atoms with Gasteiger partial charge in [-0.3, -0.25) is 9.78 Å². The predicted octanol–water partition coefficient (Wildman–Crippen LogP) is 4.19. The van der Waals surface area contributed by atoms with Gasteiger partial charge in [0.2, 0.25) is 5.91 Å². The molecule has 1 amide bonds. The van der Waals surface area contributed by atoms with E-state index in [0.29, 0.717) is 23.7 Å². The van der Waals surface area contributed by atoms with E-state index in [1.165, 1.54) is 0 Å². The molecule has 0 spiro atoms. The Balaban J connectivity index is 1.45. The van der Waals surface area contributed by atoms with Crippen LogP contribution >= 0.6 is 11.3 Å². The standard InChI is InChI=1S/C20H20N4O2S/c25-19(15-5-4-11-24(14-15)20-22-10-12-27-20)23-17-7-1-2-8-18(17)26-16-6-3-9-21-13-16/h1-3,6-10,12-13,15H,4-5,11,14H2,(H,23,25)/t15-/m1/s1. The van der Waals surface area contributed by atoms with Gasteiger partial charge < -0.3 is 15.0 Å². The molecular formula is C20H20N4O2S. The third-order valence-electron chi connectivity index (χ3n) is 4.49. The number of para-hydroxylation sites is 2. The molecule has 1 fully saturated rings. The highest BCUT2D eigenvalue weighted by atomic mass is 32.1. The monoisotopic (exact) mass is 380 g/mol. The summed E-state index contributed by atoms with van der Waals surface area (Å²) < 4.78 is 5.88. The molecule has 0 aliphatic carbocycles. The largest absolute Gasteiger partial charge is 0.454 e. The summed E-state index contributed by atoms with van der Waals surface area (Å²) in [4.78, 5) is 23.5. The Kier molecular flexibility index (Phi) is 5.29. The van der Waals surface area contributed by atoms with Crippen LogP contribution in [0.25, 0.3) is 0 Å². The van der Waals surface area contributed by atoms with Crippen LogP contribution in [0, 0.1) is 5.92 Å². The van der Waals surface area contributed by atoms with E-state index in [4.69, 9.17) is 4.74 Å². The normalized spacial score (nSPS) is 16.7. The zero-order valence-electron chi connectivity index (χ0n) is 14.7. The third-order valence-corrected chi connectivity index (χ3v) is 5.32. The SMILES string of the molecule is O=C(Nc1ccccc1Oc1cccnc1)[C@@H]1CCCN(c2nccs2)C1. The van der Waals surface area contributed by atoms with Gasteiger partial charge in [-0.25, -0.2) is 4.98 Å². The van der Waals surface area contributed by atoms with Crippen molar-refractivity contribution in [2.45, 2.75) is 12.8 Å². The highest BCUT2D eigenvalue weighted by Gasteiger charge is 2.27. The molecule has 1 atom stereocenters. The maximum Gasteiger partial charge on any atom is 0.229 e. The van der Waals surface area contributed by atoms with Crippen molar-refractivity contribution >= 4 is 28.1 Å². The third kappa shape index (κ3) is 4.25. The first-order valence-electron chi connectivity index (χ1n) is 8.92. The van der Waals surface area contributed by atoms with Crippen molar-refractivity contribution in [3.05, 3.63) is 60.4 Å². The molecule has 1 aliphatic heterocycles. The summed E-state index contributed by atoms with van der Waals surface area (Å²) in [5, 5.41) is 5.98. The van der Waals surface area contributed by atoms with Crippen molar-refractivity contribution in [3.63, 3.8) is 0 Å². The number of amides is 1. The average Bonchev–Trinajstić information content (AvgIpc) is 3.25. The van der Waals surface area contributed by atoms with E-state index in [-0.39, 0.29) is 11.8 Å². The first-order chi connectivity index (χ1) is 13.3. The van der Waals surface area contributed by atoms with E-state index in [9.17, 15) is 4.79 Å². The number of pyridine rings is 1. The number of hydrogen-bond acceptors (Lipinski definition) is 6. The van der Waals surface area contributed by atoms with E-state index in [2.05, 4.69) is 20.2 Å². The van der Waals surface area contributed by atoms with Crippen molar-refractivity contribution in [1.29, 1.82) is 0 Å². The maximum absolute atomic E-state index is 12.9. The van der Waals surface area contributed by atoms with Crippen LogP contribution in [0.5, 0.6) is 11.5 Å². The number of piperidine rings is 1. The summed E-state index contributed by atoms with van der Waals surface area (Å²) in [6.45, 7) is 1.63. The van der Waals surface area contributed by atoms with Crippen LogP contribution in [0.15, 0.2) is 60.4 Å². The molecule has 0 bridgehead atoms. The Labute approximate surface area is 161 Å². The van der Waals surface area contributed by atoms with Gasteiger partial charge in [-0.15, -0.1) is 11.3 Å². The number of carbonyl (C=O) groups excluding carboxylic acids is 1. The van der Waals surface area contributed by atoms with E-state index < -0.39 is 0 Å². The van der Waals surface area contributed by atoms with Crippen molar-refractivity contribution in [1.82, 2.24) is 9.97 Å². The number of aromatic nitrogens is 2. The molecule has 2 aromatic heterocycles. The lowest BCUT2D eigenvalue weighted by Crippen LogP contribution is -2.40. The van der Waals surface area contributed by atoms with Gasteiger partial charge >= 0.3 is 0 Å². The van der Waals surface area contributed by atoms with Gasteiger partial charge in [0.1, 0.15) is 5.75 Å². The summed E-state index contributed by atoms with van der Waals surface area (Å²) >= 11 is 1.61. The van der Waals surface area contributed by atoms with Crippen molar-refractivity contribution in [2.24, 2.45) is 5.92 Å². The molecule has 1 N–H and O–H groups in total. The number of anilines is 2. The molecule has 0 radical (unpaired) electrons. The first-order valence-corrected chi connectivity index (χ1v) is 9.80. The fraction of sp³-hybridized carbons (Fsp3) is 0.250. The van der Waals surface area contributed by atoms with Gasteiger partial charge in [0.15, 0.2) is 10.9 Å². The second-order valence-electron chi connectivity index (χ2n) is 6.38. The summed E-state index contributed by atoms with van der Waals surface area (Å²) in [5.74, 6) is 1.17. The smallest absolute Gasteiger partial charge is 0.229 e. The van der Waals surface area contributed by atoms with Crippen LogP contribution in [-0.4, -0.2) is 29.0 Å². The van der Waals surface area contributed by atoms with E-state index in [1.54, 1.807) is 29.9 Å². The molecule has 27 heavy (non-hydrogen) atoms. The Bertz CT molecular complexity index is 886. The summed E-state index contributed by atoms with van der Waals surface area (Å²) in [5.41, 5.74) is 0.665. The number of hydrogen-bond donors (Lipinski definition) is 1. The van der Waals surface area contributed by atoms with Crippen LogP contribution < -0.4 is 15.0 Å². The molecule has 1 saturated heterocycles. The molecule has 3 heterocycles. The Morgan fingerprint density at radius 1 is 1.22 bits per heavy atom. The van der Waals surface area contributed by atoms with Crippen LogP contribution in [0.1, 0.15) is 12.8 Å². The molecule has 6 nitrogen and oxygen atoms in total. The van der Waals surface area contributed by atoms with Crippen molar-refractivity contribution < 1.29 is 9.53 Å². The second kappa shape index (κ2) is 8.18. The molecule has 0 saturated carbocycles. The van der Waals surface area contributed by atoms with E-state index >= 15 is 0 Å². The molecule has 1 aromatic carbocycles. The zero-order chi connectivity index (χ0) is 18.5. The topological polar surface area (TPSA) is 67.3 Å². The fourth-order valence-electron chi connectivity index (χ4n) is 3.17. The fourth-order valence-corrected chi connectivity index (χ4v) is 3.85. The molecule has 3 aromatic rings. The number of nitrogens with zero attached hydrogens (tertiary/aromatic N) is 3. The van der Waals surface area contributed by atoms with Gasteiger partial charge in [-0.1, -0.05) is 12.1 Å². The second-order valence-corrected chi connectivity index (χ2v) is 7.25. The van der Waals surface area contributed by atoms with E-state index in [0.717, 1.165) is 24.5 Å². The maximum atomic E-state index is 12.9. The summed E-state index contributed by atoms with van der Waals surface area (Å²) in [6, 6.07) is 11.1. The van der Waals surface area contributed by atoms with Gasteiger partial charge in [0.25, 0.3) is 0 Å². The molecule has 4 rings (SSSR count).